The normalized spacial score (nSPS) is 14.6. The van der Waals surface area contributed by atoms with E-state index in [1.165, 1.54) is 0 Å². The fourth-order valence-electron chi connectivity index (χ4n) is 1.20. The van der Waals surface area contributed by atoms with Crippen molar-refractivity contribution in [1.82, 2.24) is 0 Å². The van der Waals surface area contributed by atoms with E-state index in [4.69, 9.17) is 17.3 Å². The number of aliphatic hydroxyl groups is 2. The number of aliphatic hydroxyl groups excluding tert-OH is 2. The lowest BCUT2D eigenvalue weighted by Gasteiger charge is -2.15. The van der Waals surface area contributed by atoms with Crippen LogP contribution in [0.2, 0.25) is 0 Å². The predicted octanol–water partition coefficient (Wildman–Crippen LogP) is 0.305. The van der Waals surface area contributed by atoms with E-state index >= 15 is 0 Å². The quantitative estimate of drug-likeness (QED) is 0.650. The Morgan fingerprint density at radius 3 is 2.67 bits per heavy atom. The van der Waals surface area contributed by atoms with Gasteiger partial charge in [-0.3, -0.25) is 4.79 Å². The molecule has 5 heteroatoms. The van der Waals surface area contributed by atoms with Gasteiger partial charge < -0.3 is 15.9 Å². The molecule has 0 heterocycles. The summed E-state index contributed by atoms with van der Waals surface area (Å²) in [5.41, 5.74) is 6.08. The fraction of sp³-hybridized carbons (Fsp3) is 0.300. The maximum atomic E-state index is 10.7. The molecule has 0 bridgehead atoms. The van der Waals surface area contributed by atoms with Gasteiger partial charge in [0.25, 0.3) is 0 Å². The number of nitrogens with two attached hydrogens (primary N) is 1. The fourth-order valence-corrected chi connectivity index (χ4v) is 1.36. The average Bonchev–Trinajstić information content (AvgIpc) is 2.27. The average molecular weight is 230 g/mol. The molecule has 0 aliphatic rings. The maximum absolute atomic E-state index is 10.7. The minimum absolute atomic E-state index is 0.299. The first kappa shape index (κ1) is 12.0. The molecule has 2 atom stereocenters. The van der Waals surface area contributed by atoms with Gasteiger partial charge in [0.2, 0.25) is 5.91 Å². The van der Waals surface area contributed by atoms with Crippen LogP contribution in [0.25, 0.3) is 0 Å². The van der Waals surface area contributed by atoms with E-state index in [9.17, 15) is 15.0 Å². The van der Waals surface area contributed by atoms with E-state index in [0.717, 1.165) is 5.56 Å². The lowest BCUT2D eigenvalue weighted by molar-refractivity contribution is -0.131. The predicted molar refractivity (Wildman–Crippen MR) is 56.2 cm³/mol. The van der Waals surface area contributed by atoms with Crippen molar-refractivity contribution in [3.8, 4) is 0 Å². The van der Waals surface area contributed by atoms with Crippen molar-refractivity contribution in [2.45, 2.75) is 18.1 Å². The highest BCUT2D eigenvalue weighted by atomic mass is 35.5. The Bertz CT molecular complexity index is 356. The Morgan fingerprint density at radius 1 is 1.47 bits per heavy atom. The van der Waals surface area contributed by atoms with E-state index < -0.39 is 18.1 Å². The number of rotatable bonds is 4. The summed E-state index contributed by atoms with van der Waals surface area (Å²) < 4.78 is 0. The monoisotopic (exact) mass is 229 g/mol. The SMILES string of the molecule is NC(=O)C(O)C(O)c1cccc(CCl)c1. The van der Waals surface area contributed by atoms with E-state index in [1.54, 1.807) is 24.3 Å². The summed E-state index contributed by atoms with van der Waals surface area (Å²) in [7, 11) is 0. The van der Waals surface area contributed by atoms with Crippen LogP contribution >= 0.6 is 11.6 Å². The second-order valence-electron chi connectivity index (χ2n) is 3.17. The summed E-state index contributed by atoms with van der Waals surface area (Å²) in [4.78, 5) is 10.7. The highest BCUT2D eigenvalue weighted by Crippen LogP contribution is 2.18. The molecule has 2 unspecified atom stereocenters. The van der Waals surface area contributed by atoms with Gasteiger partial charge in [-0.1, -0.05) is 24.3 Å². The number of carbonyl (C=O) groups excluding carboxylic acids is 1. The summed E-state index contributed by atoms with van der Waals surface area (Å²) in [6, 6.07) is 6.67. The zero-order valence-corrected chi connectivity index (χ0v) is 8.69. The van der Waals surface area contributed by atoms with E-state index in [1.807, 2.05) is 0 Å². The third-order valence-electron chi connectivity index (χ3n) is 2.04. The van der Waals surface area contributed by atoms with Crippen LogP contribution in [0.15, 0.2) is 24.3 Å². The number of halogens is 1. The second-order valence-corrected chi connectivity index (χ2v) is 3.44. The summed E-state index contributed by atoms with van der Waals surface area (Å²) in [5.74, 6) is -0.661. The van der Waals surface area contributed by atoms with Crippen LogP contribution in [-0.2, 0) is 10.7 Å². The highest BCUT2D eigenvalue weighted by molar-refractivity contribution is 6.17. The third kappa shape index (κ3) is 2.92. The van der Waals surface area contributed by atoms with Gasteiger partial charge in [0.15, 0.2) is 6.10 Å². The van der Waals surface area contributed by atoms with Crippen LogP contribution in [0.1, 0.15) is 17.2 Å². The first-order chi connectivity index (χ1) is 7.06. The second kappa shape index (κ2) is 5.11. The lowest BCUT2D eigenvalue weighted by atomic mass is 10.0. The number of amides is 1. The molecule has 0 saturated heterocycles. The van der Waals surface area contributed by atoms with Gasteiger partial charge in [-0.05, 0) is 11.1 Å². The van der Waals surface area contributed by atoms with Crippen molar-refractivity contribution in [1.29, 1.82) is 0 Å². The molecular weight excluding hydrogens is 218 g/mol. The van der Waals surface area contributed by atoms with Gasteiger partial charge >= 0.3 is 0 Å². The molecule has 1 rings (SSSR count). The van der Waals surface area contributed by atoms with Gasteiger partial charge in [0.1, 0.15) is 6.10 Å². The highest BCUT2D eigenvalue weighted by Gasteiger charge is 2.23. The zero-order valence-electron chi connectivity index (χ0n) is 7.93. The van der Waals surface area contributed by atoms with Crippen LogP contribution in [-0.4, -0.2) is 22.2 Å². The summed E-state index contributed by atoms with van der Waals surface area (Å²) in [6.45, 7) is 0. The van der Waals surface area contributed by atoms with Gasteiger partial charge in [0.05, 0.1) is 0 Å². The molecule has 82 valence electrons. The van der Waals surface area contributed by atoms with E-state index in [-0.39, 0.29) is 0 Å². The Kier molecular flexibility index (Phi) is 4.08. The van der Waals surface area contributed by atoms with Gasteiger partial charge in [-0.15, -0.1) is 11.6 Å². The molecule has 0 aromatic heterocycles. The number of primary amides is 1. The first-order valence-electron chi connectivity index (χ1n) is 4.36. The number of alkyl halides is 1. The molecule has 0 spiro atoms. The van der Waals surface area contributed by atoms with E-state index in [2.05, 4.69) is 0 Å². The van der Waals surface area contributed by atoms with E-state index in [0.29, 0.717) is 11.4 Å². The standard InChI is InChI=1S/C10H12ClNO3/c11-5-6-2-1-3-7(4-6)8(13)9(14)10(12)15/h1-4,8-9,13-14H,5H2,(H2,12,15). The topological polar surface area (TPSA) is 83.6 Å². The molecule has 0 saturated carbocycles. The molecule has 0 aliphatic heterocycles. The molecule has 4 N–H and O–H groups in total. The van der Waals surface area contributed by atoms with Crippen molar-refractivity contribution < 1.29 is 15.0 Å². The molecule has 0 fully saturated rings. The van der Waals surface area contributed by atoms with Crippen LogP contribution in [0.5, 0.6) is 0 Å². The third-order valence-corrected chi connectivity index (χ3v) is 2.35. The van der Waals surface area contributed by atoms with Crippen LogP contribution in [0.4, 0.5) is 0 Å². The molecule has 1 aromatic rings. The molecule has 4 nitrogen and oxygen atoms in total. The van der Waals surface area contributed by atoms with Crippen molar-refractivity contribution >= 4 is 17.5 Å². The molecule has 1 aromatic carbocycles. The number of benzene rings is 1. The van der Waals surface area contributed by atoms with Crippen molar-refractivity contribution in [3.63, 3.8) is 0 Å². The van der Waals surface area contributed by atoms with Crippen LogP contribution < -0.4 is 5.73 Å². The molecule has 1 amide bonds. The smallest absolute Gasteiger partial charge is 0.249 e. The largest absolute Gasteiger partial charge is 0.385 e. The first-order valence-corrected chi connectivity index (χ1v) is 4.90. The zero-order chi connectivity index (χ0) is 11.4. The number of carbonyl (C=O) groups is 1. The van der Waals surface area contributed by atoms with Gasteiger partial charge in [0, 0.05) is 5.88 Å². The van der Waals surface area contributed by atoms with Crippen molar-refractivity contribution in [3.05, 3.63) is 35.4 Å². The Morgan fingerprint density at radius 2 is 2.13 bits per heavy atom. The lowest BCUT2D eigenvalue weighted by Crippen LogP contribution is -2.33. The molecular formula is C10H12ClNO3. The van der Waals surface area contributed by atoms with Crippen molar-refractivity contribution in [2.24, 2.45) is 5.73 Å². The van der Waals surface area contributed by atoms with Crippen LogP contribution in [0, 0.1) is 0 Å². The minimum atomic E-state index is -1.60. The summed E-state index contributed by atoms with van der Waals surface area (Å²) in [6.07, 6.45) is -2.92. The van der Waals surface area contributed by atoms with Gasteiger partial charge in [-0.25, -0.2) is 0 Å². The summed E-state index contributed by atoms with van der Waals surface area (Å²) >= 11 is 5.61. The van der Waals surface area contributed by atoms with Gasteiger partial charge in [-0.2, -0.15) is 0 Å². The van der Waals surface area contributed by atoms with Crippen molar-refractivity contribution in [2.75, 3.05) is 0 Å². The summed E-state index contributed by atoms with van der Waals surface area (Å²) in [5, 5.41) is 18.8. The van der Waals surface area contributed by atoms with Crippen LogP contribution in [0.3, 0.4) is 0 Å². The molecule has 0 aliphatic carbocycles. The molecule has 15 heavy (non-hydrogen) atoms. The number of hydrogen-bond donors (Lipinski definition) is 3. The maximum Gasteiger partial charge on any atom is 0.249 e. The Hall–Kier alpha value is -1.10. The Balaban J connectivity index is 2.90. The minimum Gasteiger partial charge on any atom is -0.385 e. The number of hydrogen-bond acceptors (Lipinski definition) is 3. The Labute approximate surface area is 92.3 Å². The molecule has 0 radical (unpaired) electrons.